The fourth-order valence-electron chi connectivity index (χ4n) is 2.65. The summed E-state index contributed by atoms with van der Waals surface area (Å²) in [4.78, 5) is 27.0. The zero-order chi connectivity index (χ0) is 21.6. The van der Waals surface area contributed by atoms with Crippen LogP contribution in [0, 0.1) is 32.6 Å². The number of carbonyl (C=O) groups is 2. The summed E-state index contributed by atoms with van der Waals surface area (Å²) in [6, 6.07) is 11.0. The van der Waals surface area contributed by atoms with Crippen LogP contribution in [-0.2, 0) is 4.79 Å². The van der Waals surface area contributed by atoms with Crippen molar-refractivity contribution in [3.63, 3.8) is 0 Å². The van der Waals surface area contributed by atoms with Crippen molar-refractivity contribution in [1.29, 1.82) is 0 Å². The number of anilines is 1. The van der Waals surface area contributed by atoms with Gasteiger partial charge in [0.25, 0.3) is 5.91 Å². The second-order valence-electron chi connectivity index (χ2n) is 6.69. The first-order chi connectivity index (χ1) is 13.8. The third-order valence-corrected chi connectivity index (χ3v) is 5.62. The van der Waals surface area contributed by atoms with Crippen LogP contribution in [0.1, 0.15) is 40.7 Å². The highest BCUT2D eigenvalue weighted by molar-refractivity contribution is 7.18. The van der Waals surface area contributed by atoms with Crippen LogP contribution in [0.4, 0.5) is 5.69 Å². The van der Waals surface area contributed by atoms with Gasteiger partial charge in [-0.25, -0.2) is 4.98 Å². The molecule has 4 rings (SSSR count). The van der Waals surface area contributed by atoms with E-state index >= 15 is 0 Å². The molecular formula is C23H23ClN2O2S. The van der Waals surface area contributed by atoms with Gasteiger partial charge in [0.2, 0.25) is 0 Å². The Morgan fingerprint density at radius 2 is 1.86 bits per heavy atom. The number of Topliss-reactive ketones (excluding diaryl/α,β-unsaturated/α-hetero) is 1. The van der Waals surface area contributed by atoms with E-state index in [1.165, 1.54) is 0 Å². The number of rotatable bonds is 3. The van der Waals surface area contributed by atoms with Crippen molar-refractivity contribution in [3.8, 4) is 12.8 Å². The number of hydrogen-bond acceptors (Lipinski definition) is 4. The monoisotopic (exact) mass is 426 g/mol. The van der Waals surface area contributed by atoms with E-state index in [4.69, 9.17) is 11.6 Å². The summed E-state index contributed by atoms with van der Waals surface area (Å²) in [6.45, 7) is 5.53. The van der Waals surface area contributed by atoms with Crippen molar-refractivity contribution in [1.82, 2.24) is 4.98 Å². The third kappa shape index (κ3) is 6.15. The molecular weight excluding hydrogens is 404 g/mol. The number of carbonyl (C=O) groups excluding carboxylic acids is 2. The molecule has 0 spiro atoms. The summed E-state index contributed by atoms with van der Waals surface area (Å²) in [5.41, 5.74) is 3.11. The van der Waals surface area contributed by atoms with Crippen LogP contribution in [0.15, 0.2) is 36.4 Å². The summed E-state index contributed by atoms with van der Waals surface area (Å²) in [6.07, 6.45) is 10.3. The quantitative estimate of drug-likeness (QED) is 0.518. The summed E-state index contributed by atoms with van der Waals surface area (Å²) in [7, 11) is 0. The number of thiazole rings is 1. The molecule has 0 bridgehead atoms. The average molecular weight is 427 g/mol. The molecule has 1 heterocycles. The minimum absolute atomic E-state index is 0.167. The van der Waals surface area contributed by atoms with E-state index in [2.05, 4.69) is 23.1 Å². The number of amides is 1. The highest BCUT2D eigenvalue weighted by Crippen LogP contribution is 2.29. The van der Waals surface area contributed by atoms with Crippen molar-refractivity contribution in [2.24, 2.45) is 5.92 Å². The minimum Gasteiger partial charge on any atom is -0.320 e. The minimum atomic E-state index is -0.167. The largest absolute Gasteiger partial charge is 0.320 e. The first kappa shape index (κ1) is 22.6. The Kier molecular flexibility index (Phi) is 7.95. The number of benzene rings is 2. The molecule has 0 aliphatic heterocycles. The van der Waals surface area contributed by atoms with Crippen molar-refractivity contribution >= 4 is 50.5 Å². The van der Waals surface area contributed by atoms with Crippen LogP contribution in [0.5, 0.6) is 0 Å². The predicted molar refractivity (Wildman–Crippen MR) is 122 cm³/mol. The van der Waals surface area contributed by atoms with E-state index in [1.807, 2.05) is 38.1 Å². The van der Waals surface area contributed by atoms with Crippen molar-refractivity contribution < 1.29 is 9.59 Å². The molecule has 6 heteroatoms. The van der Waals surface area contributed by atoms with Gasteiger partial charge in [-0.05, 0) is 63.4 Å². The smallest absolute Gasteiger partial charge is 0.255 e. The Labute approximate surface area is 180 Å². The summed E-state index contributed by atoms with van der Waals surface area (Å²) in [5, 5.41) is 4.41. The molecule has 1 fully saturated rings. The molecule has 0 atom stereocenters. The lowest BCUT2D eigenvalue weighted by Crippen LogP contribution is -2.13. The van der Waals surface area contributed by atoms with Gasteiger partial charge >= 0.3 is 0 Å². The van der Waals surface area contributed by atoms with Gasteiger partial charge in [0, 0.05) is 11.5 Å². The summed E-state index contributed by atoms with van der Waals surface area (Å²) < 4.78 is 1.01. The molecule has 29 heavy (non-hydrogen) atoms. The molecule has 4 nitrogen and oxygen atoms in total. The fourth-order valence-corrected chi connectivity index (χ4v) is 3.78. The van der Waals surface area contributed by atoms with Gasteiger partial charge in [-0.1, -0.05) is 23.7 Å². The third-order valence-electron chi connectivity index (χ3n) is 4.37. The van der Waals surface area contributed by atoms with Crippen LogP contribution >= 0.6 is 22.9 Å². The molecule has 1 aliphatic carbocycles. The van der Waals surface area contributed by atoms with Crippen molar-refractivity contribution in [3.05, 3.63) is 57.6 Å². The van der Waals surface area contributed by atoms with Crippen LogP contribution < -0.4 is 5.32 Å². The lowest BCUT2D eigenvalue weighted by molar-refractivity contribution is -0.118. The van der Waals surface area contributed by atoms with E-state index in [0.29, 0.717) is 28.0 Å². The molecule has 2 aromatic carbocycles. The highest BCUT2D eigenvalue weighted by atomic mass is 35.5. The van der Waals surface area contributed by atoms with E-state index in [-0.39, 0.29) is 5.91 Å². The molecule has 1 saturated carbocycles. The maximum absolute atomic E-state index is 12.4. The Morgan fingerprint density at radius 1 is 1.17 bits per heavy atom. The lowest BCUT2D eigenvalue weighted by atomic mass is 10.1. The predicted octanol–water partition coefficient (Wildman–Crippen LogP) is 6.05. The lowest BCUT2D eigenvalue weighted by Gasteiger charge is -2.10. The number of hydrogen-bond donors (Lipinski definition) is 1. The molecule has 3 aromatic rings. The van der Waals surface area contributed by atoms with Gasteiger partial charge < -0.3 is 5.32 Å². The number of aromatic nitrogens is 1. The van der Waals surface area contributed by atoms with Crippen LogP contribution in [-0.4, -0.2) is 16.7 Å². The standard InChI is InChI=1S/C16H13ClN2OS.C5H8O.C2H2/c1-9-4-3-5-12(17)15(9)19-16(20)11-6-7-13-14(8-11)21-10(2)18-13;1-4(6)5-2-3-5;1-2/h3-8H,1-2H3,(H,19,20);5H,2-3H2,1H3;1-2H. The summed E-state index contributed by atoms with van der Waals surface area (Å²) >= 11 is 7.72. The van der Waals surface area contributed by atoms with Crippen molar-refractivity contribution in [2.45, 2.75) is 33.6 Å². The average Bonchev–Trinajstić information content (AvgIpc) is 3.48. The molecule has 1 N–H and O–H groups in total. The molecule has 1 aliphatic rings. The number of fused-ring (bicyclic) bond motifs is 1. The zero-order valence-electron chi connectivity index (χ0n) is 16.7. The van der Waals surface area contributed by atoms with Gasteiger partial charge in [-0.2, -0.15) is 0 Å². The SMILES string of the molecule is C#C.CC(=O)C1CC1.Cc1nc2ccc(C(=O)Nc3c(C)cccc3Cl)cc2s1. The Balaban J connectivity index is 0.000000317. The molecule has 1 aromatic heterocycles. The normalized spacial score (nSPS) is 12.2. The van der Waals surface area contributed by atoms with Gasteiger partial charge in [0.15, 0.2) is 0 Å². The molecule has 0 radical (unpaired) electrons. The highest BCUT2D eigenvalue weighted by Gasteiger charge is 2.25. The number of ketones is 1. The first-order valence-electron chi connectivity index (χ1n) is 9.12. The molecule has 0 unspecified atom stereocenters. The number of terminal acetylenes is 1. The van der Waals surface area contributed by atoms with E-state index < -0.39 is 0 Å². The van der Waals surface area contributed by atoms with Crippen LogP contribution in [0.25, 0.3) is 10.2 Å². The Morgan fingerprint density at radius 3 is 2.41 bits per heavy atom. The molecule has 150 valence electrons. The van der Waals surface area contributed by atoms with E-state index in [1.54, 1.807) is 30.4 Å². The number of nitrogens with zero attached hydrogens (tertiary/aromatic N) is 1. The maximum atomic E-state index is 12.4. The second-order valence-corrected chi connectivity index (χ2v) is 8.33. The maximum Gasteiger partial charge on any atom is 0.255 e. The van der Waals surface area contributed by atoms with Gasteiger partial charge in [-0.15, -0.1) is 24.2 Å². The first-order valence-corrected chi connectivity index (χ1v) is 10.3. The number of para-hydroxylation sites is 1. The van der Waals surface area contributed by atoms with Gasteiger partial charge in [0.1, 0.15) is 5.78 Å². The summed E-state index contributed by atoms with van der Waals surface area (Å²) in [5.74, 6) is 0.666. The van der Waals surface area contributed by atoms with Crippen LogP contribution in [0.2, 0.25) is 5.02 Å². The number of nitrogens with one attached hydrogen (secondary N) is 1. The second kappa shape index (κ2) is 10.2. The van der Waals surface area contributed by atoms with E-state index in [9.17, 15) is 9.59 Å². The Hall–Kier alpha value is -2.68. The fraction of sp³-hybridized carbons (Fsp3) is 0.261. The van der Waals surface area contributed by atoms with Gasteiger partial charge in [0.05, 0.1) is 25.9 Å². The molecule has 0 saturated heterocycles. The van der Waals surface area contributed by atoms with E-state index in [0.717, 1.165) is 33.6 Å². The number of halogens is 1. The van der Waals surface area contributed by atoms with Crippen LogP contribution in [0.3, 0.4) is 0 Å². The van der Waals surface area contributed by atoms with Gasteiger partial charge in [-0.3, -0.25) is 9.59 Å². The van der Waals surface area contributed by atoms with Crippen molar-refractivity contribution in [2.75, 3.05) is 5.32 Å². The zero-order valence-corrected chi connectivity index (χ0v) is 18.2. The number of aryl methyl sites for hydroxylation is 2. The topological polar surface area (TPSA) is 59.1 Å². The molecule has 1 amide bonds. The Bertz CT molecular complexity index is 1030.